The minimum atomic E-state index is -0.140. The van der Waals surface area contributed by atoms with Crippen LogP contribution >= 0.6 is 0 Å². The number of amides is 2. The standard InChI is InChI=1S/C11H24N2O2/c1-4-5-6-7-12-11(15)13-10(3)9(2)8-14/h9-10,14H,4-8H2,1-3H3,(H2,12,13,15). The number of aliphatic hydroxyl groups excluding tert-OH is 1. The molecular formula is C11H24N2O2. The molecule has 0 aliphatic carbocycles. The monoisotopic (exact) mass is 216 g/mol. The molecule has 90 valence electrons. The first-order chi connectivity index (χ1) is 7.11. The van der Waals surface area contributed by atoms with E-state index in [4.69, 9.17) is 5.11 Å². The van der Waals surface area contributed by atoms with Gasteiger partial charge in [0, 0.05) is 19.2 Å². The highest BCUT2D eigenvalue weighted by Crippen LogP contribution is 1.99. The Bertz CT molecular complexity index is 174. The van der Waals surface area contributed by atoms with Crippen molar-refractivity contribution >= 4 is 6.03 Å². The van der Waals surface area contributed by atoms with Crippen LogP contribution in [-0.4, -0.2) is 30.3 Å². The normalized spacial score (nSPS) is 14.4. The Kier molecular flexibility index (Phi) is 8.09. The molecule has 2 amide bonds. The Morgan fingerprint density at radius 1 is 1.33 bits per heavy atom. The average molecular weight is 216 g/mol. The lowest BCUT2D eigenvalue weighted by atomic mass is 10.1. The van der Waals surface area contributed by atoms with Crippen molar-refractivity contribution in [3.8, 4) is 0 Å². The summed E-state index contributed by atoms with van der Waals surface area (Å²) in [7, 11) is 0. The van der Waals surface area contributed by atoms with Gasteiger partial charge in [-0.1, -0.05) is 26.7 Å². The smallest absolute Gasteiger partial charge is 0.315 e. The highest BCUT2D eigenvalue weighted by molar-refractivity contribution is 5.74. The van der Waals surface area contributed by atoms with Crippen molar-refractivity contribution < 1.29 is 9.90 Å². The topological polar surface area (TPSA) is 61.4 Å². The second-order valence-corrected chi connectivity index (χ2v) is 4.06. The second-order valence-electron chi connectivity index (χ2n) is 4.06. The van der Waals surface area contributed by atoms with Gasteiger partial charge in [0.05, 0.1) is 0 Å². The molecule has 0 bridgehead atoms. The number of hydrogen-bond acceptors (Lipinski definition) is 2. The first-order valence-electron chi connectivity index (χ1n) is 5.77. The molecule has 2 unspecified atom stereocenters. The quantitative estimate of drug-likeness (QED) is 0.565. The zero-order valence-corrected chi connectivity index (χ0v) is 10.0. The van der Waals surface area contributed by atoms with E-state index < -0.39 is 0 Å². The maximum absolute atomic E-state index is 11.3. The molecule has 4 nitrogen and oxygen atoms in total. The van der Waals surface area contributed by atoms with Gasteiger partial charge >= 0.3 is 6.03 Å². The number of carbonyl (C=O) groups excluding carboxylic acids is 1. The van der Waals surface area contributed by atoms with Crippen LogP contribution in [0.2, 0.25) is 0 Å². The van der Waals surface area contributed by atoms with Gasteiger partial charge in [-0.2, -0.15) is 0 Å². The predicted molar refractivity (Wildman–Crippen MR) is 61.8 cm³/mol. The van der Waals surface area contributed by atoms with Gasteiger partial charge in [-0.15, -0.1) is 0 Å². The zero-order chi connectivity index (χ0) is 11.7. The number of nitrogens with one attached hydrogen (secondary N) is 2. The van der Waals surface area contributed by atoms with Gasteiger partial charge in [-0.3, -0.25) is 0 Å². The molecule has 0 aliphatic rings. The molecule has 4 heteroatoms. The van der Waals surface area contributed by atoms with E-state index in [1.165, 1.54) is 0 Å². The van der Waals surface area contributed by atoms with E-state index in [1.54, 1.807) is 0 Å². The molecule has 0 saturated heterocycles. The Hall–Kier alpha value is -0.770. The van der Waals surface area contributed by atoms with Crippen LogP contribution in [0.15, 0.2) is 0 Å². The molecule has 0 aromatic heterocycles. The summed E-state index contributed by atoms with van der Waals surface area (Å²) in [5.74, 6) is 0.0893. The van der Waals surface area contributed by atoms with Gasteiger partial charge in [-0.25, -0.2) is 4.79 Å². The number of hydrogen-bond donors (Lipinski definition) is 3. The summed E-state index contributed by atoms with van der Waals surface area (Å²) in [5, 5.41) is 14.5. The molecule has 0 spiro atoms. The van der Waals surface area contributed by atoms with Gasteiger partial charge in [0.2, 0.25) is 0 Å². The molecule has 15 heavy (non-hydrogen) atoms. The number of aliphatic hydroxyl groups is 1. The van der Waals surface area contributed by atoms with Crippen molar-refractivity contribution in [2.75, 3.05) is 13.2 Å². The lowest BCUT2D eigenvalue weighted by Crippen LogP contribution is -2.44. The molecule has 3 N–H and O–H groups in total. The van der Waals surface area contributed by atoms with Crippen LogP contribution in [-0.2, 0) is 0 Å². The third kappa shape index (κ3) is 7.19. The molecule has 0 saturated carbocycles. The Balaban J connectivity index is 3.55. The molecule has 0 aliphatic heterocycles. The van der Waals surface area contributed by atoms with Gasteiger partial charge < -0.3 is 15.7 Å². The lowest BCUT2D eigenvalue weighted by molar-refractivity contribution is 0.200. The maximum atomic E-state index is 11.3. The van der Waals surface area contributed by atoms with Gasteiger partial charge in [-0.05, 0) is 19.3 Å². The zero-order valence-electron chi connectivity index (χ0n) is 10.0. The molecule has 0 aromatic carbocycles. The SMILES string of the molecule is CCCCCNC(=O)NC(C)C(C)CO. The van der Waals surface area contributed by atoms with Crippen LogP contribution in [0.5, 0.6) is 0 Å². The third-order valence-electron chi connectivity index (χ3n) is 2.57. The minimum Gasteiger partial charge on any atom is -0.396 e. The van der Waals surface area contributed by atoms with E-state index >= 15 is 0 Å². The predicted octanol–water partition coefficient (Wildman–Crippen LogP) is 1.49. The van der Waals surface area contributed by atoms with Crippen LogP contribution in [0.1, 0.15) is 40.0 Å². The van der Waals surface area contributed by atoms with Crippen LogP contribution in [0.25, 0.3) is 0 Å². The fraction of sp³-hybridized carbons (Fsp3) is 0.909. The molecule has 2 atom stereocenters. The highest BCUT2D eigenvalue weighted by atomic mass is 16.3. The van der Waals surface area contributed by atoms with E-state index in [1.807, 2.05) is 13.8 Å². The van der Waals surface area contributed by atoms with Crippen molar-refractivity contribution in [2.24, 2.45) is 5.92 Å². The first kappa shape index (κ1) is 14.2. The largest absolute Gasteiger partial charge is 0.396 e. The van der Waals surface area contributed by atoms with Crippen LogP contribution in [0.3, 0.4) is 0 Å². The summed E-state index contributed by atoms with van der Waals surface area (Å²) in [6.45, 7) is 6.75. The van der Waals surface area contributed by atoms with E-state index in [0.29, 0.717) is 0 Å². The van der Waals surface area contributed by atoms with E-state index in [2.05, 4.69) is 17.6 Å². The van der Waals surface area contributed by atoms with Crippen molar-refractivity contribution in [1.29, 1.82) is 0 Å². The van der Waals surface area contributed by atoms with Crippen molar-refractivity contribution in [2.45, 2.75) is 46.1 Å². The average Bonchev–Trinajstić information content (AvgIpc) is 2.23. The molecule has 0 heterocycles. The van der Waals surface area contributed by atoms with Crippen molar-refractivity contribution in [3.05, 3.63) is 0 Å². The van der Waals surface area contributed by atoms with Crippen LogP contribution in [0.4, 0.5) is 4.79 Å². The Morgan fingerprint density at radius 3 is 2.53 bits per heavy atom. The van der Waals surface area contributed by atoms with Crippen molar-refractivity contribution in [3.63, 3.8) is 0 Å². The summed E-state index contributed by atoms with van der Waals surface area (Å²) >= 11 is 0. The summed E-state index contributed by atoms with van der Waals surface area (Å²) in [4.78, 5) is 11.3. The molecule has 0 radical (unpaired) electrons. The first-order valence-corrected chi connectivity index (χ1v) is 5.77. The van der Waals surface area contributed by atoms with Gasteiger partial charge in [0.25, 0.3) is 0 Å². The van der Waals surface area contributed by atoms with E-state index in [-0.39, 0.29) is 24.6 Å². The van der Waals surface area contributed by atoms with E-state index in [0.717, 1.165) is 25.8 Å². The fourth-order valence-corrected chi connectivity index (χ4v) is 1.14. The van der Waals surface area contributed by atoms with Crippen molar-refractivity contribution in [1.82, 2.24) is 10.6 Å². The summed E-state index contributed by atoms with van der Waals surface area (Å²) in [6.07, 6.45) is 3.32. The van der Waals surface area contributed by atoms with E-state index in [9.17, 15) is 4.79 Å². The molecule has 0 rings (SSSR count). The Morgan fingerprint density at radius 2 is 2.00 bits per heavy atom. The molecule has 0 aromatic rings. The number of urea groups is 1. The second kappa shape index (κ2) is 8.53. The highest BCUT2D eigenvalue weighted by Gasteiger charge is 2.12. The molecule has 0 fully saturated rings. The lowest BCUT2D eigenvalue weighted by Gasteiger charge is -2.19. The third-order valence-corrected chi connectivity index (χ3v) is 2.57. The summed E-state index contributed by atoms with van der Waals surface area (Å²) in [6, 6.07) is -0.139. The van der Waals surface area contributed by atoms with Crippen LogP contribution in [0, 0.1) is 5.92 Å². The maximum Gasteiger partial charge on any atom is 0.315 e. The van der Waals surface area contributed by atoms with Gasteiger partial charge in [0.15, 0.2) is 0 Å². The van der Waals surface area contributed by atoms with Crippen LogP contribution < -0.4 is 10.6 Å². The number of rotatable bonds is 7. The number of carbonyl (C=O) groups is 1. The Labute approximate surface area is 92.4 Å². The number of unbranched alkanes of at least 4 members (excludes halogenated alkanes) is 2. The molecular weight excluding hydrogens is 192 g/mol. The summed E-state index contributed by atoms with van der Waals surface area (Å²) in [5.41, 5.74) is 0. The van der Waals surface area contributed by atoms with Gasteiger partial charge in [0.1, 0.15) is 0 Å². The minimum absolute atomic E-state index is 0.00109. The fourth-order valence-electron chi connectivity index (χ4n) is 1.14. The summed E-state index contributed by atoms with van der Waals surface area (Å²) < 4.78 is 0.